The maximum absolute atomic E-state index is 12.5. The molecule has 0 radical (unpaired) electrons. The Morgan fingerprint density at radius 1 is 1.38 bits per heavy atom. The summed E-state index contributed by atoms with van der Waals surface area (Å²) in [6.45, 7) is 1.44. The van der Waals surface area contributed by atoms with Gasteiger partial charge in [-0.1, -0.05) is 0 Å². The number of carbonyl (C=O) groups is 1. The summed E-state index contributed by atoms with van der Waals surface area (Å²) in [5, 5.41) is 9.89. The third-order valence-corrected chi connectivity index (χ3v) is 4.63. The number of likely N-dealkylation sites (tertiary alicyclic amines) is 1. The lowest BCUT2D eigenvalue weighted by atomic mass is 9.98. The number of amides is 1. The fourth-order valence-corrected chi connectivity index (χ4v) is 3.46. The van der Waals surface area contributed by atoms with Crippen molar-refractivity contribution in [3.05, 3.63) is 23.8 Å². The number of aromatic hydroxyl groups is 1. The van der Waals surface area contributed by atoms with Gasteiger partial charge >= 0.3 is 0 Å². The van der Waals surface area contributed by atoms with Crippen LogP contribution in [0.3, 0.4) is 0 Å². The number of carbonyl (C=O) groups excluding carboxylic acids is 1. The van der Waals surface area contributed by atoms with E-state index in [4.69, 9.17) is 10.5 Å². The summed E-state index contributed by atoms with van der Waals surface area (Å²) in [4.78, 5) is 14.4. The highest BCUT2D eigenvalue weighted by Crippen LogP contribution is 2.38. The number of hydrogen-bond donors (Lipinski definition) is 2. The number of phenolic OH excluding ortho intramolecular Hbond substituents is 1. The van der Waals surface area contributed by atoms with Gasteiger partial charge in [0.25, 0.3) is 5.91 Å². The number of benzene rings is 1. The quantitative estimate of drug-likeness (QED) is 0.870. The molecule has 1 aromatic rings. The van der Waals surface area contributed by atoms with Crippen LogP contribution in [0.4, 0.5) is 0 Å². The smallest absolute Gasteiger partial charge is 0.257 e. The zero-order chi connectivity index (χ0) is 14.3. The summed E-state index contributed by atoms with van der Waals surface area (Å²) in [6.07, 6.45) is 2.15. The van der Waals surface area contributed by atoms with E-state index in [9.17, 15) is 9.90 Å². The maximum atomic E-state index is 12.5. The van der Waals surface area contributed by atoms with E-state index in [0.717, 1.165) is 19.4 Å². The number of rotatable bonds is 2. The van der Waals surface area contributed by atoms with Crippen molar-refractivity contribution in [3.8, 4) is 11.5 Å². The average Bonchev–Trinajstić information content (AvgIpc) is 3.01. The molecule has 2 fully saturated rings. The lowest BCUT2D eigenvalue weighted by Gasteiger charge is -2.19. The average molecular weight is 313 g/mol. The number of nitrogens with two attached hydrogens (primary N) is 1. The number of nitrogens with zero attached hydrogens (tertiary/aromatic N) is 1. The summed E-state index contributed by atoms with van der Waals surface area (Å²) < 4.78 is 5.11. The molecule has 6 heteroatoms. The molecule has 0 spiro atoms. The second-order valence-electron chi connectivity index (χ2n) is 5.76. The van der Waals surface area contributed by atoms with Crippen molar-refractivity contribution in [2.24, 2.45) is 17.6 Å². The number of halogens is 1. The highest BCUT2D eigenvalue weighted by Gasteiger charge is 2.42. The van der Waals surface area contributed by atoms with Gasteiger partial charge in [-0.3, -0.25) is 4.79 Å². The second-order valence-corrected chi connectivity index (χ2v) is 5.76. The third-order valence-electron chi connectivity index (χ3n) is 4.63. The zero-order valence-electron chi connectivity index (χ0n) is 12.0. The molecule has 1 aromatic carbocycles. The molecule has 3 atom stereocenters. The lowest BCUT2D eigenvalue weighted by molar-refractivity contribution is 0.0776. The fourth-order valence-electron chi connectivity index (χ4n) is 3.46. The van der Waals surface area contributed by atoms with Crippen LogP contribution in [0, 0.1) is 11.8 Å². The van der Waals surface area contributed by atoms with Crippen LogP contribution in [-0.2, 0) is 0 Å². The number of hydrogen-bond acceptors (Lipinski definition) is 4. The summed E-state index contributed by atoms with van der Waals surface area (Å²) in [7, 11) is 1.54. The van der Waals surface area contributed by atoms with E-state index in [1.807, 2.05) is 4.90 Å². The summed E-state index contributed by atoms with van der Waals surface area (Å²) in [5.74, 6) is 1.36. The molecular weight excluding hydrogens is 292 g/mol. The number of methoxy groups -OCH3 is 1. The number of fused-ring (bicyclic) bond motifs is 1. The Balaban J connectivity index is 0.00000161. The van der Waals surface area contributed by atoms with Gasteiger partial charge in [0, 0.05) is 19.1 Å². The van der Waals surface area contributed by atoms with Gasteiger partial charge in [0.05, 0.1) is 12.7 Å². The van der Waals surface area contributed by atoms with Crippen LogP contribution in [0.1, 0.15) is 23.2 Å². The monoisotopic (exact) mass is 312 g/mol. The van der Waals surface area contributed by atoms with E-state index >= 15 is 0 Å². The van der Waals surface area contributed by atoms with Crippen LogP contribution in [0.25, 0.3) is 0 Å². The zero-order valence-corrected chi connectivity index (χ0v) is 12.8. The molecule has 21 heavy (non-hydrogen) atoms. The summed E-state index contributed by atoms with van der Waals surface area (Å²) >= 11 is 0. The first-order valence-corrected chi connectivity index (χ1v) is 7.02. The molecule has 3 rings (SSSR count). The standard InChI is InChI=1S/C15H20N2O3.ClH/c1-20-10-3-5-14(18)11(6-10)15(19)17-7-9-2-4-13(16)12(9)8-17;/h3,5-6,9,12-13,18H,2,4,7-8,16H2,1H3;1H. The van der Waals surface area contributed by atoms with Crippen molar-refractivity contribution in [2.75, 3.05) is 20.2 Å². The summed E-state index contributed by atoms with van der Waals surface area (Å²) in [5.41, 5.74) is 6.39. The van der Waals surface area contributed by atoms with Gasteiger partial charge in [0.2, 0.25) is 0 Å². The molecule has 0 bridgehead atoms. The minimum Gasteiger partial charge on any atom is -0.507 e. The van der Waals surface area contributed by atoms with E-state index < -0.39 is 0 Å². The molecule has 1 aliphatic heterocycles. The Morgan fingerprint density at radius 2 is 2.14 bits per heavy atom. The second kappa shape index (κ2) is 6.12. The van der Waals surface area contributed by atoms with Crippen LogP contribution in [0.15, 0.2) is 18.2 Å². The van der Waals surface area contributed by atoms with Crippen LogP contribution in [0.5, 0.6) is 11.5 Å². The molecule has 1 aliphatic carbocycles. The highest BCUT2D eigenvalue weighted by molar-refractivity contribution is 5.97. The molecule has 0 aromatic heterocycles. The minimum atomic E-state index is -0.136. The SMILES string of the molecule is COc1ccc(O)c(C(=O)N2CC3CCC(N)C3C2)c1.Cl. The van der Waals surface area contributed by atoms with E-state index in [1.54, 1.807) is 19.2 Å². The van der Waals surface area contributed by atoms with Crippen LogP contribution < -0.4 is 10.5 Å². The normalized spacial score (nSPS) is 27.1. The van der Waals surface area contributed by atoms with Crippen LogP contribution >= 0.6 is 12.4 Å². The van der Waals surface area contributed by atoms with Crippen molar-refractivity contribution in [1.29, 1.82) is 0 Å². The molecule has 1 saturated heterocycles. The van der Waals surface area contributed by atoms with Crippen molar-refractivity contribution >= 4 is 18.3 Å². The van der Waals surface area contributed by atoms with Crippen molar-refractivity contribution in [2.45, 2.75) is 18.9 Å². The predicted octanol–water partition coefficient (Wildman–Crippen LogP) is 1.63. The molecule has 1 heterocycles. The van der Waals surface area contributed by atoms with Gasteiger partial charge in [-0.05, 0) is 42.9 Å². The first-order valence-electron chi connectivity index (χ1n) is 7.02. The van der Waals surface area contributed by atoms with Crippen LogP contribution in [-0.4, -0.2) is 42.2 Å². The molecule has 1 amide bonds. The molecule has 3 unspecified atom stereocenters. The largest absolute Gasteiger partial charge is 0.507 e. The van der Waals surface area contributed by atoms with Gasteiger partial charge in [-0.2, -0.15) is 0 Å². The topological polar surface area (TPSA) is 75.8 Å². The summed E-state index contributed by atoms with van der Waals surface area (Å²) in [6, 6.07) is 4.93. The first kappa shape index (κ1) is 15.9. The van der Waals surface area contributed by atoms with Crippen molar-refractivity contribution < 1.29 is 14.6 Å². The van der Waals surface area contributed by atoms with Gasteiger partial charge in [-0.25, -0.2) is 0 Å². The van der Waals surface area contributed by atoms with Gasteiger partial charge in [0.1, 0.15) is 11.5 Å². The molecule has 3 N–H and O–H groups in total. The molecule has 116 valence electrons. The Labute approximate surface area is 130 Å². The number of phenols is 1. The van der Waals surface area contributed by atoms with Gasteiger partial charge in [0.15, 0.2) is 0 Å². The molecule has 1 saturated carbocycles. The molecule has 2 aliphatic rings. The lowest BCUT2D eigenvalue weighted by Crippen LogP contribution is -2.33. The fraction of sp³-hybridized carbons (Fsp3) is 0.533. The van der Waals surface area contributed by atoms with E-state index in [2.05, 4.69) is 0 Å². The van der Waals surface area contributed by atoms with Crippen molar-refractivity contribution in [1.82, 2.24) is 4.90 Å². The predicted molar refractivity (Wildman–Crippen MR) is 82.0 cm³/mol. The van der Waals surface area contributed by atoms with Gasteiger partial charge in [-0.15, -0.1) is 12.4 Å². The Kier molecular flexibility index (Phi) is 4.64. The number of ether oxygens (including phenoxy) is 1. The van der Waals surface area contributed by atoms with Gasteiger partial charge < -0.3 is 20.5 Å². The first-order chi connectivity index (χ1) is 9.60. The van der Waals surface area contributed by atoms with E-state index in [-0.39, 0.29) is 30.1 Å². The highest BCUT2D eigenvalue weighted by atomic mass is 35.5. The minimum absolute atomic E-state index is 0. The van der Waals surface area contributed by atoms with Crippen molar-refractivity contribution in [3.63, 3.8) is 0 Å². The molecule has 5 nitrogen and oxygen atoms in total. The van der Waals surface area contributed by atoms with Crippen LogP contribution in [0.2, 0.25) is 0 Å². The third kappa shape index (κ3) is 2.80. The Hall–Kier alpha value is -1.46. The van der Waals surface area contributed by atoms with E-state index in [0.29, 0.717) is 29.7 Å². The Morgan fingerprint density at radius 3 is 2.81 bits per heavy atom. The maximum Gasteiger partial charge on any atom is 0.257 e. The Bertz CT molecular complexity index is 538. The molecular formula is C15H21ClN2O3. The van der Waals surface area contributed by atoms with E-state index in [1.165, 1.54) is 6.07 Å².